The van der Waals surface area contributed by atoms with Crippen molar-refractivity contribution in [2.75, 3.05) is 6.54 Å². The molecule has 7 nitrogen and oxygen atoms in total. The fraction of sp³-hybridized carbons (Fsp3) is 0.333. The first kappa shape index (κ1) is 19.5. The summed E-state index contributed by atoms with van der Waals surface area (Å²) in [6.07, 6.45) is 4.29. The molecular weight excluding hydrogens is 356 g/mol. The summed E-state index contributed by atoms with van der Waals surface area (Å²) >= 11 is 0. The second-order valence-corrected chi connectivity index (χ2v) is 7.09. The SMILES string of the molecule is CC(CC(=O)NNC(=O)c1cccnc1)CC(=O)N1CCc2ccccc2C1. The molecule has 0 fully saturated rings. The molecule has 3 amide bonds. The molecule has 1 aromatic heterocycles. The second-order valence-electron chi connectivity index (χ2n) is 7.09. The van der Waals surface area contributed by atoms with Crippen LogP contribution in [0.1, 0.15) is 41.3 Å². The van der Waals surface area contributed by atoms with E-state index in [9.17, 15) is 14.4 Å². The van der Waals surface area contributed by atoms with Crippen molar-refractivity contribution < 1.29 is 14.4 Å². The van der Waals surface area contributed by atoms with Gasteiger partial charge in [-0.05, 0) is 35.6 Å². The lowest BCUT2D eigenvalue weighted by atomic mass is 9.98. The number of fused-ring (bicyclic) bond motifs is 1. The lowest BCUT2D eigenvalue weighted by Crippen LogP contribution is -2.42. The Morgan fingerprint density at radius 2 is 1.86 bits per heavy atom. The first-order valence-electron chi connectivity index (χ1n) is 9.36. The third kappa shape index (κ3) is 5.16. The van der Waals surface area contributed by atoms with Crippen molar-refractivity contribution in [1.82, 2.24) is 20.7 Å². The standard InChI is InChI=1S/C21H24N4O3/c1-15(11-19(26)23-24-21(28)17-7-4-9-22-13-17)12-20(27)25-10-8-16-5-2-3-6-18(16)14-25/h2-7,9,13,15H,8,10-12,14H2,1H3,(H,23,26)(H,24,28). The van der Waals surface area contributed by atoms with Gasteiger partial charge in [0.25, 0.3) is 5.91 Å². The van der Waals surface area contributed by atoms with Gasteiger partial charge in [0.15, 0.2) is 0 Å². The maximum absolute atomic E-state index is 12.6. The van der Waals surface area contributed by atoms with E-state index in [1.165, 1.54) is 17.3 Å². The number of nitrogens with zero attached hydrogens (tertiary/aromatic N) is 2. The van der Waals surface area contributed by atoms with Crippen molar-refractivity contribution >= 4 is 17.7 Å². The predicted octanol–water partition coefficient (Wildman–Crippen LogP) is 1.84. The van der Waals surface area contributed by atoms with Crippen LogP contribution in [0.4, 0.5) is 0 Å². The molecule has 3 rings (SSSR count). The third-order valence-electron chi connectivity index (χ3n) is 4.78. The van der Waals surface area contributed by atoms with E-state index in [0.29, 0.717) is 25.1 Å². The summed E-state index contributed by atoms with van der Waals surface area (Å²) in [5.41, 5.74) is 7.58. The zero-order valence-electron chi connectivity index (χ0n) is 15.9. The summed E-state index contributed by atoms with van der Waals surface area (Å²) in [6.45, 7) is 3.18. The number of pyridine rings is 1. The van der Waals surface area contributed by atoms with Crippen LogP contribution in [0.3, 0.4) is 0 Å². The summed E-state index contributed by atoms with van der Waals surface area (Å²) in [4.78, 5) is 42.2. The highest BCUT2D eigenvalue weighted by molar-refractivity contribution is 5.95. The zero-order valence-corrected chi connectivity index (χ0v) is 15.9. The highest BCUT2D eigenvalue weighted by Crippen LogP contribution is 2.20. The van der Waals surface area contributed by atoms with E-state index in [-0.39, 0.29) is 24.2 Å². The van der Waals surface area contributed by atoms with Gasteiger partial charge in [0.1, 0.15) is 0 Å². The molecular formula is C21H24N4O3. The Hall–Kier alpha value is -3.22. The van der Waals surface area contributed by atoms with Crippen molar-refractivity contribution in [2.24, 2.45) is 5.92 Å². The Labute approximate surface area is 164 Å². The van der Waals surface area contributed by atoms with Crippen molar-refractivity contribution in [3.05, 3.63) is 65.5 Å². The molecule has 7 heteroatoms. The van der Waals surface area contributed by atoms with Crippen molar-refractivity contribution in [2.45, 2.75) is 32.7 Å². The van der Waals surface area contributed by atoms with Crippen LogP contribution < -0.4 is 10.9 Å². The maximum Gasteiger partial charge on any atom is 0.271 e. The molecule has 28 heavy (non-hydrogen) atoms. The fourth-order valence-corrected chi connectivity index (χ4v) is 3.27. The quantitative estimate of drug-likeness (QED) is 0.775. The number of carbonyl (C=O) groups excluding carboxylic acids is 3. The van der Waals surface area contributed by atoms with Crippen molar-refractivity contribution in [1.29, 1.82) is 0 Å². The van der Waals surface area contributed by atoms with E-state index in [1.807, 2.05) is 24.0 Å². The van der Waals surface area contributed by atoms with Gasteiger partial charge in [0.2, 0.25) is 11.8 Å². The summed E-state index contributed by atoms with van der Waals surface area (Å²) < 4.78 is 0. The largest absolute Gasteiger partial charge is 0.338 e. The molecule has 1 aliphatic rings. The van der Waals surface area contributed by atoms with E-state index < -0.39 is 5.91 Å². The number of nitrogens with one attached hydrogen (secondary N) is 2. The predicted molar refractivity (Wildman–Crippen MR) is 104 cm³/mol. The minimum absolute atomic E-state index is 0.0502. The van der Waals surface area contributed by atoms with Crippen LogP contribution in [0, 0.1) is 5.92 Å². The van der Waals surface area contributed by atoms with Crippen LogP contribution >= 0.6 is 0 Å². The van der Waals surface area contributed by atoms with Crippen LogP contribution in [-0.2, 0) is 22.6 Å². The molecule has 2 aromatic rings. The lowest BCUT2D eigenvalue weighted by Gasteiger charge is -2.29. The summed E-state index contributed by atoms with van der Waals surface area (Å²) in [5.74, 6) is -0.840. The summed E-state index contributed by atoms with van der Waals surface area (Å²) in [5, 5.41) is 0. The molecule has 0 saturated carbocycles. The highest BCUT2D eigenvalue weighted by Gasteiger charge is 2.22. The zero-order chi connectivity index (χ0) is 19.9. The van der Waals surface area contributed by atoms with Gasteiger partial charge in [0.05, 0.1) is 5.56 Å². The van der Waals surface area contributed by atoms with Gasteiger partial charge in [0, 0.05) is 38.3 Å². The molecule has 2 heterocycles. The second kappa shape index (κ2) is 9.12. The van der Waals surface area contributed by atoms with E-state index in [0.717, 1.165) is 6.42 Å². The van der Waals surface area contributed by atoms with Gasteiger partial charge >= 0.3 is 0 Å². The molecule has 1 unspecified atom stereocenters. The van der Waals surface area contributed by atoms with E-state index in [2.05, 4.69) is 28.0 Å². The monoisotopic (exact) mass is 380 g/mol. The van der Waals surface area contributed by atoms with Crippen LogP contribution in [0.2, 0.25) is 0 Å². The molecule has 1 aliphatic heterocycles. The van der Waals surface area contributed by atoms with Gasteiger partial charge < -0.3 is 4.90 Å². The number of hydrogen-bond acceptors (Lipinski definition) is 4. The Bertz CT molecular complexity index is 854. The number of hydrogen-bond donors (Lipinski definition) is 2. The van der Waals surface area contributed by atoms with Crippen molar-refractivity contribution in [3.8, 4) is 0 Å². The molecule has 0 radical (unpaired) electrons. The van der Waals surface area contributed by atoms with Crippen LogP contribution in [0.15, 0.2) is 48.8 Å². The Morgan fingerprint density at radius 3 is 2.61 bits per heavy atom. The van der Waals surface area contributed by atoms with E-state index in [4.69, 9.17) is 0 Å². The van der Waals surface area contributed by atoms with Crippen LogP contribution in [0.25, 0.3) is 0 Å². The normalized spacial score (nSPS) is 14.0. The highest BCUT2D eigenvalue weighted by atomic mass is 16.2. The summed E-state index contributed by atoms with van der Waals surface area (Å²) in [6, 6.07) is 11.4. The number of rotatable bonds is 5. The van der Waals surface area contributed by atoms with E-state index >= 15 is 0 Å². The summed E-state index contributed by atoms with van der Waals surface area (Å²) in [7, 11) is 0. The molecule has 0 bridgehead atoms. The Morgan fingerprint density at radius 1 is 1.07 bits per heavy atom. The maximum atomic E-state index is 12.6. The molecule has 1 aromatic carbocycles. The Balaban J connectivity index is 1.42. The third-order valence-corrected chi connectivity index (χ3v) is 4.78. The van der Waals surface area contributed by atoms with Gasteiger partial charge in [-0.1, -0.05) is 31.2 Å². The number of aromatic nitrogens is 1. The van der Waals surface area contributed by atoms with Gasteiger partial charge in [-0.25, -0.2) is 0 Å². The fourth-order valence-electron chi connectivity index (χ4n) is 3.27. The minimum Gasteiger partial charge on any atom is -0.338 e. The average Bonchev–Trinajstić information content (AvgIpc) is 2.72. The number of amides is 3. The molecule has 2 N–H and O–H groups in total. The first-order chi connectivity index (χ1) is 13.5. The number of carbonyl (C=O) groups is 3. The number of benzene rings is 1. The lowest BCUT2D eigenvalue weighted by molar-refractivity contribution is -0.133. The van der Waals surface area contributed by atoms with Gasteiger partial charge in [-0.15, -0.1) is 0 Å². The minimum atomic E-state index is -0.433. The first-order valence-corrected chi connectivity index (χ1v) is 9.36. The van der Waals surface area contributed by atoms with Crippen LogP contribution in [-0.4, -0.2) is 34.2 Å². The van der Waals surface area contributed by atoms with Crippen molar-refractivity contribution in [3.63, 3.8) is 0 Å². The number of hydrazine groups is 1. The Kier molecular flexibility index (Phi) is 6.37. The van der Waals surface area contributed by atoms with Gasteiger partial charge in [-0.3, -0.25) is 30.2 Å². The smallest absolute Gasteiger partial charge is 0.271 e. The molecule has 0 saturated heterocycles. The van der Waals surface area contributed by atoms with Crippen LogP contribution in [0.5, 0.6) is 0 Å². The van der Waals surface area contributed by atoms with E-state index in [1.54, 1.807) is 18.3 Å². The van der Waals surface area contributed by atoms with Gasteiger partial charge in [-0.2, -0.15) is 0 Å². The molecule has 0 aliphatic carbocycles. The molecule has 146 valence electrons. The average molecular weight is 380 g/mol. The molecule has 1 atom stereocenters. The topological polar surface area (TPSA) is 91.4 Å². The molecule has 0 spiro atoms.